The number of methoxy groups -OCH3 is 1. The number of halogens is 1. The van der Waals surface area contributed by atoms with Gasteiger partial charge >= 0.3 is 5.97 Å². The van der Waals surface area contributed by atoms with E-state index < -0.39 is 17.4 Å². The molecule has 19 heavy (non-hydrogen) atoms. The molecule has 5 heteroatoms. The maximum atomic E-state index is 12.2. The number of nitrogens with one attached hydrogen (secondary N) is 1. The maximum absolute atomic E-state index is 12.2. The fourth-order valence-electron chi connectivity index (χ4n) is 1.60. The van der Waals surface area contributed by atoms with E-state index in [0.29, 0.717) is 5.56 Å². The van der Waals surface area contributed by atoms with Crippen LogP contribution in [0.5, 0.6) is 0 Å². The summed E-state index contributed by atoms with van der Waals surface area (Å²) in [4.78, 5) is 24.0. The quantitative estimate of drug-likeness (QED) is 0.653. The second-order valence-electron chi connectivity index (χ2n) is 5.28. The van der Waals surface area contributed by atoms with Crippen LogP contribution in [0.25, 0.3) is 0 Å². The molecule has 1 aromatic carbocycles. The molecule has 1 rings (SSSR count). The van der Waals surface area contributed by atoms with E-state index in [2.05, 4.69) is 27.9 Å². The number of benzene rings is 1. The second-order valence-corrected chi connectivity index (χ2v) is 6.44. The molecule has 1 atom stereocenters. The molecule has 0 aliphatic heterocycles. The number of ether oxygens (including phenoxy) is 1. The number of rotatable bonds is 3. The second kappa shape index (κ2) is 6.36. The summed E-state index contributed by atoms with van der Waals surface area (Å²) in [5, 5.41) is 2.75. The Morgan fingerprint density at radius 2 is 1.84 bits per heavy atom. The third-order valence-electron chi connectivity index (χ3n) is 2.70. The van der Waals surface area contributed by atoms with Crippen LogP contribution >= 0.6 is 22.6 Å². The fraction of sp³-hybridized carbons (Fsp3) is 0.429. The number of hydrogen-bond donors (Lipinski definition) is 1. The van der Waals surface area contributed by atoms with Crippen LogP contribution in [0, 0.1) is 8.99 Å². The third kappa shape index (κ3) is 4.19. The van der Waals surface area contributed by atoms with E-state index in [1.165, 1.54) is 7.11 Å². The predicted octanol–water partition coefficient (Wildman–Crippen LogP) is 2.61. The minimum absolute atomic E-state index is 0.268. The SMILES string of the molecule is COC(=O)[C@@H](NC(=O)c1ccccc1I)C(C)(C)C. The van der Waals surface area contributed by atoms with Gasteiger partial charge < -0.3 is 10.1 Å². The molecule has 0 aromatic heterocycles. The van der Waals surface area contributed by atoms with Crippen LogP contribution in [0.4, 0.5) is 0 Å². The van der Waals surface area contributed by atoms with Crippen molar-refractivity contribution < 1.29 is 14.3 Å². The fourth-order valence-corrected chi connectivity index (χ4v) is 2.23. The topological polar surface area (TPSA) is 55.4 Å². The van der Waals surface area contributed by atoms with Gasteiger partial charge in [0.25, 0.3) is 5.91 Å². The molecular weight excluding hydrogens is 357 g/mol. The van der Waals surface area contributed by atoms with Crippen molar-refractivity contribution in [2.24, 2.45) is 5.41 Å². The van der Waals surface area contributed by atoms with Crippen molar-refractivity contribution in [3.8, 4) is 0 Å². The first-order chi connectivity index (χ1) is 8.77. The third-order valence-corrected chi connectivity index (χ3v) is 3.64. The summed E-state index contributed by atoms with van der Waals surface area (Å²) in [6.07, 6.45) is 0. The Morgan fingerprint density at radius 1 is 1.26 bits per heavy atom. The van der Waals surface area contributed by atoms with Crippen molar-refractivity contribution in [3.05, 3.63) is 33.4 Å². The molecule has 0 heterocycles. The Labute approximate surface area is 127 Å². The van der Waals surface area contributed by atoms with Crippen molar-refractivity contribution in [2.75, 3.05) is 7.11 Å². The lowest BCUT2D eigenvalue weighted by molar-refractivity contribution is -0.145. The summed E-state index contributed by atoms with van der Waals surface area (Å²) in [6, 6.07) is 6.55. The van der Waals surface area contributed by atoms with Crippen LogP contribution < -0.4 is 5.32 Å². The number of hydrogen-bond acceptors (Lipinski definition) is 3. The van der Waals surface area contributed by atoms with Gasteiger partial charge in [0.05, 0.1) is 12.7 Å². The molecule has 0 fully saturated rings. The van der Waals surface area contributed by atoms with Crippen LogP contribution in [0.1, 0.15) is 31.1 Å². The molecule has 1 N–H and O–H groups in total. The summed E-state index contributed by atoms with van der Waals surface area (Å²) in [5.41, 5.74) is 0.143. The molecule has 0 spiro atoms. The first-order valence-electron chi connectivity index (χ1n) is 5.90. The van der Waals surface area contributed by atoms with E-state index in [9.17, 15) is 9.59 Å². The largest absolute Gasteiger partial charge is 0.467 e. The molecule has 0 aliphatic carbocycles. The van der Waals surface area contributed by atoms with Crippen molar-refractivity contribution in [2.45, 2.75) is 26.8 Å². The average molecular weight is 375 g/mol. The molecule has 0 radical (unpaired) electrons. The van der Waals surface area contributed by atoms with Crippen molar-refractivity contribution in [1.82, 2.24) is 5.32 Å². The monoisotopic (exact) mass is 375 g/mol. The minimum Gasteiger partial charge on any atom is -0.467 e. The van der Waals surface area contributed by atoms with E-state index >= 15 is 0 Å². The average Bonchev–Trinajstić information content (AvgIpc) is 2.34. The normalized spacial score (nSPS) is 12.7. The maximum Gasteiger partial charge on any atom is 0.328 e. The molecule has 4 nitrogen and oxygen atoms in total. The number of amides is 1. The van der Waals surface area contributed by atoms with Gasteiger partial charge in [0.15, 0.2) is 0 Å². The van der Waals surface area contributed by atoms with Gasteiger partial charge in [-0.1, -0.05) is 32.9 Å². The molecule has 0 saturated carbocycles. The highest BCUT2D eigenvalue weighted by Crippen LogP contribution is 2.21. The van der Waals surface area contributed by atoms with Crippen molar-refractivity contribution >= 4 is 34.5 Å². The molecule has 0 saturated heterocycles. The van der Waals surface area contributed by atoms with Crippen LogP contribution in [0.15, 0.2) is 24.3 Å². The Kier molecular flexibility index (Phi) is 5.34. The van der Waals surface area contributed by atoms with Gasteiger partial charge in [0.2, 0.25) is 0 Å². The van der Waals surface area contributed by atoms with Crippen molar-refractivity contribution in [1.29, 1.82) is 0 Å². The standard InChI is InChI=1S/C14H18INO3/c1-14(2,3)11(13(18)19-4)16-12(17)9-7-5-6-8-10(9)15/h5-8,11H,1-4H3,(H,16,17)/t11-/m1/s1. The highest BCUT2D eigenvalue weighted by Gasteiger charge is 2.34. The van der Waals surface area contributed by atoms with Gasteiger partial charge in [0.1, 0.15) is 6.04 Å². The van der Waals surface area contributed by atoms with Crippen molar-refractivity contribution in [3.63, 3.8) is 0 Å². The van der Waals surface area contributed by atoms with Crippen LogP contribution in [0.3, 0.4) is 0 Å². The lowest BCUT2D eigenvalue weighted by Crippen LogP contribution is -2.49. The highest BCUT2D eigenvalue weighted by molar-refractivity contribution is 14.1. The smallest absolute Gasteiger partial charge is 0.328 e. The van der Waals surface area contributed by atoms with E-state index in [0.717, 1.165) is 3.57 Å². The Hall–Kier alpha value is -1.11. The highest BCUT2D eigenvalue weighted by atomic mass is 127. The van der Waals surface area contributed by atoms with Gasteiger partial charge in [-0.25, -0.2) is 4.79 Å². The summed E-state index contributed by atoms with van der Waals surface area (Å²) < 4.78 is 5.59. The van der Waals surface area contributed by atoms with E-state index in [-0.39, 0.29) is 5.91 Å². The van der Waals surface area contributed by atoms with Gasteiger partial charge in [0, 0.05) is 3.57 Å². The molecule has 0 aliphatic rings. The summed E-state index contributed by atoms with van der Waals surface area (Å²) in [7, 11) is 1.32. The first kappa shape index (κ1) is 15.9. The van der Waals surface area contributed by atoms with Crippen LogP contribution in [-0.2, 0) is 9.53 Å². The van der Waals surface area contributed by atoms with Gasteiger partial charge in [-0.2, -0.15) is 0 Å². The zero-order valence-corrected chi connectivity index (χ0v) is 13.6. The summed E-state index contributed by atoms with van der Waals surface area (Å²) >= 11 is 2.09. The molecule has 0 bridgehead atoms. The van der Waals surface area contributed by atoms with E-state index in [1.807, 2.05) is 32.9 Å². The Morgan fingerprint density at radius 3 is 2.32 bits per heavy atom. The zero-order chi connectivity index (χ0) is 14.6. The Bertz CT molecular complexity index is 480. The molecular formula is C14H18INO3. The molecule has 1 amide bonds. The summed E-state index contributed by atoms with van der Waals surface area (Å²) in [6.45, 7) is 5.64. The van der Waals surface area contributed by atoms with Gasteiger partial charge in [-0.15, -0.1) is 0 Å². The molecule has 1 aromatic rings. The lowest BCUT2D eigenvalue weighted by atomic mass is 9.86. The zero-order valence-electron chi connectivity index (χ0n) is 11.5. The van der Waals surface area contributed by atoms with Crippen LogP contribution in [0.2, 0.25) is 0 Å². The minimum atomic E-state index is -0.680. The van der Waals surface area contributed by atoms with Gasteiger partial charge in [-0.3, -0.25) is 4.79 Å². The van der Waals surface area contributed by atoms with E-state index in [1.54, 1.807) is 12.1 Å². The molecule has 104 valence electrons. The summed E-state index contributed by atoms with van der Waals surface area (Å²) in [5.74, 6) is -0.706. The number of carbonyl (C=O) groups is 2. The predicted molar refractivity (Wildman–Crippen MR) is 81.9 cm³/mol. The lowest BCUT2D eigenvalue weighted by Gasteiger charge is -2.29. The van der Waals surface area contributed by atoms with E-state index in [4.69, 9.17) is 4.74 Å². The number of carbonyl (C=O) groups excluding carboxylic acids is 2. The number of esters is 1. The molecule has 0 unspecified atom stereocenters. The first-order valence-corrected chi connectivity index (χ1v) is 6.98. The van der Waals surface area contributed by atoms with Crippen LogP contribution in [-0.4, -0.2) is 25.0 Å². The van der Waals surface area contributed by atoms with Gasteiger partial charge in [-0.05, 0) is 40.1 Å². The Balaban J connectivity index is 2.95.